The molecule has 0 saturated carbocycles. The lowest BCUT2D eigenvalue weighted by Gasteiger charge is -2.39. The number of halogens is 2. The van der Waals surface area contributed by atoms with E-state index in [1.165, 1.54) is 113 Å². The topological polar surface area (TPSA) is 0 Å². The highest BCUT2D eigenvalue weighted by molar-refractivity contribution is 9.09. The first kappa shape index (κ1) is 26.4. The van der Waals surface area contributed by atoms with Crippen molar-refractivity contribution in [3.63, 3.8) is 0 Å². The molecule has 0 aromatic heterocycles. The number of unbranched alkanes of at least 4 members (excludes halogenated alkanes) is 8. The Balaban J connectivity index is 0. The van der Waals surface area contributed by atoms with Gasteiger partial charge >= 0.3 is 0 Å². The molecule has 0 aromatic carbocycles. The van der Waals surface area contributed by atoms with E-state index < -0.39 is 0 Å². The molecule has 0 heterocycles. The Bertz CT molecular complexity index is 212. The summed E-state index contributed by atoms with van der Waals surface area (Å²) in [6.07, 6.45) is 16.8. The molecular weight excluding hydrogens is 461 g/mol. The van der Waals surface area contributed by atoms with Crippen molar-refractivity contribution in [3.8, 4) is 0 Å². The third kappa shape index (κ3) is 15.2. The molecule has 0 atom stereocenters. The summed E-state index contributed by atoms with van der Waals surface area (Å²) in [4.78, 5) is 0. The van der Waals surface area contributed by atoms with Crippen LogP contribution in [-0.4, -0.2) is 36.0 Å². The van der Waals surface area contributed by atoms with Crippen LogP contribution in [-0.2, 0) is 0 Å². The Hall–Kier alpha value is 1.17. The average molecular weight is 504 g/mol. The fourth-order valence-corrected chi connectivity index (χ4v) is 3.76. The Morgan fingerprint density at radius 2 is 0.870 bits per heavy atom. The van der Waals surface area contributed by atoms with Gasteiger partial charge in [-0.3, -0.25) is 0 Å². The molecule has 0 fully saturated rings. The molecular formula is C20H43BrIN. The predicted octanol–water partition coefficient (Wildman–Crippen LogP) is 3.94. The van der Waals surface area contributed by atoms with Gasteiger partial charge < -0.3 is 28.5 Å². The van der Waals surface area contributed by atoms with Crippen molar-refractivity contribution in [2.45, 2.75) is 97.8 Å². The van der Waals surface area contributed by atoms with Gasteiger partial charge in [0.2, 0.25) is 0 Å². The van der Waals surface area contributed by atoms with E-state index in [9.17, 15) is 0 Å². The minimum Gasteiger partial charge on any atom is -1.00 e. The summed E-state index contributed by atoms with van der Waals surface area (Å²) >= 11 is 3.66. The summed E-state index contributed by atoms with van der Waals surface area (Å²) < 4.78 is 1.42. The van der Waals surface area contributed by atoms with E-state index in [1.807, 2.05) is 0 Å². The standard InChI is InChI=1S/C20H43BrN.HI/c1-4-7-10-13-18-22(20-15-16-21,17-12-9-6-3)19-14-11-8-5-2;/h4-20H2,1-3H3;1H/q+1;/p-1. The maximum atomic E-state index is 3.66. The summed E-state index contributed by atoms with van der Waals surface area (Å²) in [7, 11) is 0. The largest absolute Gasteiger partial charge is 1.00 e. The van der Waals surface area contributed by atoms with Crippen LogP contribution in [0.1, 0.15) is 97.8 Å². The molecule has 0 amide bonds. The third-order valence-corrected chi connectivity index (χ3v) is 5.53. The van der Waals surface area contributed by atoms with E-state index in [0.717, 1.165) is 0 Å². The van der Waals surface area contributed by atoms with E-state index in [0.29, 0.717) is 0 Å². The van der Waals surface area contributed by atoms with Gasteiger partial charge in [-0.05, 0) is 38.5 Å². The first-order chi connectivity index (χ1) is 10.7. The molecule has 0 unspecified atom stereocenters. The first-order valence-corrected chi connectivity index (χ1v) is 11.3. The molecule has 0 saturated heterocycles. The van der Waals surface area contributed by atoms with Crippen LogP contribution in [0.4, 0.5) is 0 Å². The Morgan fingerprint density at radius 3 is 1.26 bits per heavy atom. The van der Waals surface area contributed by atoms with Crippen LogP contribution in [0, 0.1) is 0 Å². The van der Waals surface area contributed by atoms with E-state index in [1.54, 1.807) is 0 Å². The highest BCUT2D eigenvalue weighted by Gasteiger charge is 2.25. The lowest BCUT2D eigenvalue weighted by atomic mass is 10.1. The number of quaternary nitrogens is 1. The minimum atomic E-state index is 0. The highest BCUT2D eigenvalue weighted by Crippen LogP contribution is 2.18. The summed E-state index contributed by atoms with van der Waals surface area (Å²) in [6, 6.07) is 0. The molecule has 142 valence electrons. The fourth-order valence-electron chi connectivity index (χ4n) is 3.51. The van der Waals surface area contributed by atoms with E-state index in [4.69, 9.17) is 0 Å². The van der Waals surface area contributed by atoms with Crippen molar-refractivity contribution in [3.05, 3.63) is 0 Å². The Labute approximate surface area is 173 Å². The minimum absolute atomic E-state index is 0. The van der Waals surface area contributed by atoms with Crippen LogP contribution in [0.15, 0.2) is 0 Å². The van der Waals surface area contributed by atoms with Crippen LogP contribution in [0.2, 0.25) is 0 Å². The van der Waals surface area contributed by atoms with Gasteiger partial charge in [-0.2, -0.15) is 0 Å². The van der Waals surface area contributed by atoms with Crippen molar-refractivity contribution < 1.29 is 28.5 Å². The molecule has 0 aliphatic carbocycles. The molecule has 0 rings (SSSR count). The molecule has 0 bridgehead atoms. The molecule has 0 N–H and O–H groups in total. The van der Waals surface area contributed by atoms with Gasteiger partial charge in [0.25, 0.3) is 0 Å². The summed E-state index contributed by atoms with van der Waals surface area (Å²) in [5.74, 6) is 0. The zero-order chi connectivity index (χ0) is 16.5. The number of nitrogens with zero attached hydrogens (tertiary/aromatic N) is 1. The smallest absolute Gasteiger partial charge is 0.0794 e. The maximum Gasteiger partial charge on any atom is 0.0794 e. The van der Waals surface area contributed by atoms with Crippen molar-refractivity contribution in [2.24, 2.45) is 0 Å². The van der Waals surface area contributed by atoms with Gasteiger partial charge in [0.05, 0.1) is 26.2 Å². The van der Waals surface area contributed by atoms with Gasteiger partial charge in [-0.1, -0.05) is 68.8 Å². The second-order valence-corrected chi connectivity index (χ2v) is 7.90. The van der Waals surface area contributed by atoms with E-state index in [2.05, 4.69) is 36.7 Å². The number of hydrogen-bond acceptors (Lipinski definition) is 0. The average Bonchev–Trinajstić information content (AvgIpc) is 2.54. The quantitative estimate of drug-likeness (QED) is 0.122. The van der Waals surface area contributed by atoms with Gasteiger partial charge in [-0.15, -0.1) is 0 Å². The van der Waals surface area contributed by atoms with Gasteiger partial charge in [0.15, 0.2) is 0 Å². The van der Waals surface area contributed by atoms with Crippen molar-refractivity contribution in [1.29, 1.82) is 0 Å². The second-order valence-electron chi connectivity index (χ2n) is 7.11. The lowest BCUT2D eigenvalue weighted by Crippen LogP contribution is -3.00. The first-order valence-electron chi connectivity index (χ1n) is 10.2. The second kappa shape index (κ2) is 19.5. The summed E-state index contributed by atoms with van der Waals surface area (Å²) in [5, 5.41) is 1.17. The predicted molar refractivity (Wildman–Crippen MR) is 106 cm³/mol. The summed E-state index contributed by atoms with van der Waals surface area (Å²) in [6.45, 7) is 12.7. The number of alkyl halides is 1. The molecule has 0 spiro atoms. The van der Waals surface area contributed by atoms with Gasteiger partial charge in [0.1, 0.15) is 0 Å². The summed E-state index contributed by atoms with van der Waals surface area (Å²) in [5.41, 5.74) is 0. The fraction of sp³-hybridized carbons (Fsp3) is 1.00. The van der Waals surface area contributed by atoms with Crippen LogP contribution < -0.4 is 24.0 Å². The molecule has 0 aliphatic heterocycles. The molecule has 1 nitrogen and oxygen atoms in total. The van der Waals surface area contributed by atoms with E-state index >= 15 is 0 Å². The number of hydrogen-bond donors (Lipinski definition) is 0. The Morgan fingerprint density at radius 1 is 0.522 bits per heavy atom. The maximum absolute atomic E-state index is 3.66. The Kier molecular flexibility index (Phi) is 22.4. The molecule has 3 heteroatoms. The monoisotopic (exact) mass is 503 g/mol. The highest BCUT2D eigenvalue weighted by atomic mass is 127. The number of rotatable bonds is 17. The van der Waals surface area contributed by atoms with Crippen LogP contribution in [0.5, 0.6) is 0 Å². The zero-order valence-corrected chi connectivity index (χ0v) is 20.0. The molecule has 0 aromatic rings. The van der Waals surface area contributed by atoms with Gasteiger partial charge in [-0.25, -0.2) is 0 Å². The third-order valence-electron chi connectivity index (χ3n) is 4.97. The molecule has 0 radical (unpaired) electrons. The lowest BCUT2D eigenvalue weighted by molar-refractivity contribution is -0.928. The molecule has 23 heavy (non-hydrogen) atoms. The zero-order valence-electron chi connectivity index (χ0n) is 16.2. The van der Waals surface area contributed by atoms with Crippen LogP contribution in [0.3, 0.4) is 0 Å². The normalized spacial score (nSPS) is 11.5. The van der Waals surface area contributed by atoms with E-state index in [-0.39, 0.29) is 24.0 Å². The van der Waals surface area contributed by atoms with Crippen molar-refractivity contribution >= 4 is 15.9 Å². The van der Waals surface area contributed by atoms with Crippen molar-refractivity contribution in [1.82, 2.24) is 0 Å². The van der Waals surface area contributed by atoms with Gasteiger partial charge in [0, 0.05) is 11.8 Å². The SMILES string of the molecule is CCCCCC[N+](CCCBr)(CCCCC)CCCCCC.[I-]. The molecule has 0 aliphatic rings. The van der Waals surface area contributed by atoms with Crippen LogP contribution in [0.25, 0.3) is 0 Å². The van der Waals surface area contributed by atoms with Crippen LogP contribution >= 0.6 is 15.9 Å². The van der Waals surface area contributed by atoms with Crippen molar-refractivity contribution in [2.75, 3.05) is 31.5 Å².